The van der Waals surface area contributed by atoms with Crippen molar-refractivity contribution in [1.29, 1.82) is 0 Å². The standard InChI is InChI=1S/C14H15ClN2O2/c1-9-12(8-18)10(2)17(16-9)7-11-4-5-14(19-3)13(15)6-11/h4-6,8H,7H2,1-3H3. The first-order valence-corrected chi connectivity index (χ1v) is 6.26. The Morgan fingerprint density at radius 3 is 2.68 bits per heavy atom. The van der Waals surface area contributed by atoms with E-state index in [1.54, 1.807) is 11.8 Å². The number of rotatable bonds is 4. The van der Waals surface area contributed by atoms with Crippen LogP contribution >= 0.6 is 11.6 Å². The van der Waals surface area contributed by atoms with Crippen LogP contribution in [0.3, 0.4) is 0 Å². The molecule has 2 aromatic rings. The van der Waals surface area contributed by atoms with Crippen LogP contribution in [0.4, 0.5) is 0 Å². The van der Waals surface area contributed by atoms with Crippen LogP contribution in [0.5, 0.6) is 5.75 Å². The molecule has 1 aromatic carbocycles. The highest BCUT2D eigenvalue weighted by Crippen LogP contribution is 2.25. The van der Waals surface area contributed by atoms with Crippen LogP contribution < -0.4 is 4.74 Å². The largest absolute Gasteiger partial charge is 0.495 e. The summed E-state index contributed by atoms with van der Waals surface area (Å²) in [5, 5.41) is 4.93. The average molecular weight is 279 g/mol. The summed E-state index contributed by atoms with van der Waals surface area (Å²) < 4.78 is 6.92. The Hall–Kier alpha value is -1.81. The molecule has 5 heteroatoms. The van der Waals surface area contributed by atoms with Gasteiger partial charge in [0.1, 0.15) is 5.75 Å². The molecule has 1 aromatic heterocycles. The summed E-state index contributed by atoms with van der Waals surface area (Å²) in [7, 11) is 1.58. The van der Waals surface area contributed by atoms with Gasteiger partial charge in [-0.3, -0.25) is 9.48 Å². The van der Waals surface area contributed by atoms with E-state index >= 15 is 0 Å². The molecular formula is C14H15ClN2O2. The van der Waals surface area contributed by atoms with Crippen LogP contribution in [-0.2, 0) is 6.54 Å². The molecule has 0 bridgehead atoms. The summed E-state index contributed by atoms with van der Waals surface area (Å²) in [6.45, 7) is 4.29. The molecule has 0 fully saturated rings. The number of hydrogen-bond acceptors (Lipinski definition) is 3. The zero-order valence-electron chi connectivity index (χ0n) is 11.1. The van der Waals surface area contributed by atoms with Crippen molar-refractivity contribution in [3.8, 4) is 5.75 Å². The van der Waals surface area contributed by atoms with Gasteiger partial charge in [-0.1, -0.05) is 17.7 Å². The van der Waals surface area contributed by atoms with Gasteiger partial charge in [0.15, 0.2) is 6.29 Å². The number of hydrogen-bond donors (Lipinski definition) is 0. The lowest BCUT2D eigenvalue weighted by Gasteiger charge is -2.08. The molecule has 0 aliphatic heterocycles. The second-order valence-corrected chi connectivity index (χ2v) is 4.74. The van der Waals surface area contributed by atoms with Crippen LogP contribution in [0.15, 0.2) is 18.2 Å². The molecule has 2 rings (SSSR count). The summed E-state index contributed by atoms with van der Waals surface area (Å²) in [6, 6.07) is 5.60. The number of carbonyl (C=O) groups excluding carboxylic acids is 1. The van der Waals surface area contributed by atoms with E-state index in [1.165, 1.54) is 0 Å². The zero-order valence-corrected chi connectivity index (χ0v) is 11.9. The van der Waals surface area contributed by atoms with Crippen LogP contribution in [-0.4, -0.2) is 23.2 Å². The number of ether oxygens (including phenoxy) is 1. The molecule has 0 aliphatic rings. The van der Waals surface area contributed by atoms with Crippen LogP contribution in [0.1, 0.15) is 27.3 Å². The SMILES string of the molecule is COc1ccc(Cn2nc(C)c(C=O)c2C)cc1Cl. The Morgan fingerprint density at radius 1 is 1.42 bits per heavy atom. The summed E-state index contributed by atoms with van der Waals surface area (Å²) in [6.07, 6.45) is 0.842. The third-order valence-corrected chi connectivity index (χ3v) is 3.40. The molecule has 0 saturated heterocycles. The van der Waals surface area contributed by atoms with Gasteiger partial charge in [0, 0.05) is 5.69 Å². The van der Waals surface area contributed by atoms with Crippen molar-refractivity contribution in [2.24, 2.45) is 0 Å². The fraction of sp³-hybridized carbons (Fsp3) is 0.286. The van der Waals surface area contributed by atoms with Gasteiger partial charge < -0.3 is 4.74 Å². The van der Waals surface area contributed by atoms with Crippen LogP contribution in [0, 0.1) is 13.8 Å². The maximum Gasteiger partial charge on any atom is 0.153 e. The minimum Gasteiger partial charge on any atom is -0.495 e. The van der Waals surface area contributed by atoms with Gasteiger partial charge in [-0.15, -0.1) is 0 Å². The fourth-order valence-electron chi connectivity index (χ4n) is 2.02. The van der Waals surface area contributed by atoms with E-state index < -0.39 is 0 Å². The van der Waals surface area contributed by atoms with Gasteiger partial charge in [-0.2, -0.15) is 5.10 Å². The Bertz CT molecular complexity index is 620. The predicted molar refractivity (Wildman–Crippen MR) is 74.2 cm³/mol. The fourth-order valence-corrected chi connectivity index (χ4v) is 2.30. The first-order chi connectivity index (χ1) is 9.06. The second kappa shape index (κ2) is 5.45. The number of halogens is 1. The molecule has 0 atom stereocenters. The van der Waals surface area contributed by atoms with E-state index in [4.69, 9.17) is 16.3 Å². The van der Waals surface area contributed by atoms with Gasteiger partial charge in [0.25, 0.3) is 0 Å². The van der Waals surface area contributed by atoms with Crippen molar-refractivity contribution in [1.82, 2.24) is 9.78 Å². The minimum absolute atomic E-state index is 0.567. The Labute approximate surface area is 116 Å². The molecule has 0 spiro atoms. The van der Waals surface area contributed by atoms with Crippen LogP contribution in [0.2, 0.25) is 5.02 Å². The molecule has 0 amide bonds. The molecule has 4 nitrogen and oxygen atoms in total. The second-order valence-electron chi connectivity index (χ2n) is 4.33. The molecule has 19 heavy (non-hydrogen) atoms. The van der Waals surface area contributed by atoms with E-state index in [1.807, 2.05) is 32.0 Å². The van der Waals surface area contributed by atoms with E-state index in [2.05, 4.69) is 5.10 Å². The number of nitrogens with zero attached hydrogens (tertiary/aromatic N) is 2. The van der Waals surface area contributed by atoms with Crippen LogP contribution in [0.25, 0.3) is 0 Å². The van der Waals surface area contributed by atoms with E-state index in [0.29, 0.717) is 22.9 Å². The highest BCUT2D eigenvalue weighted by molar-refractivity contribution is 6.32. The van der Waals surface area contributed by atoms with Crippen molar-refractivity contribution < 1.29 is 9.53 Å². The molecule has 0 radical (unpaired) electrons. The number of aromatic nitrogens is 2. The maximum atomic E-state index is 11.0. The highest BCUT2D eigenvalue weighted by atomic mass is 35.5. The monoisotopic (exact) mass is 278 g/mol. The van der Waals surface area contributed by atoms with Gasteiger partial charge in [0.05, 0.1) is 29.9 Å². The predicted octanol–water partition coefficient (Wildman–Crippen LogP) is 3.02. The van der Waals surface area contributed by atoms with Crippen molar-refractivity contribution in [2.45, 2.75) is 20.4 Å². The summed E-state index contributed by atoms with van der Waals surface area (Å²) in [5.41, 5.74) is 3.26. The normalized spacial score (nSPS) is 10.5. The number of aryl methyl sites for hydroxylation is 1. The molecule has 0 unspecified atom stereocenters. The topological polar surface area (TPSA) is 44.1 Å². The van der Waals surface area contributed by atoms with Gasteiger partial charge >= 0.3 is 0 Å². The first kappa shape index (κ1) is 13.6. The van der Waals surface area contributed by atoms with E-state index in [0.717, 1.165) is 23.2 Å². The summed E-state index contributed by atoms with van der Waals surface area (Å²) in [5.74, 6) is 0.646. The quantitative estimate of drug-likeness (QED) is 0.808. The lowest BCUT2D eigenvalue weighted by atomic mass is 10.2. The maximum absolute atomic E-state index is 11.0. The van der Waals surface area contributed by atoms with E-state index in [9.17, 15) is 4.79 Å². The molecule has 100 valence electrons. The molecular weight excluding hydrogens is 264 g/mol. The van der Waals surface area contributed by atoms with Crippen molar-refractivity contribution in [2.75, 3.05) is 7.11 Å². The number of benzene rings is 1. The summed E-state index contributed by atoms with van der Waals surface area (Å²) in [4.78, 5) is 11.0. The first-order valence-electron chi connectivity index (χ1n) is 5.88. The number of methoxy groups -OCH3 is 1. The van der Waals surface area contributed by atoms with Gasteiger partial charge in [0.2, 0.25) is 0 Å². The number of aldehydes is 1. The minimum atomic E-state index is 0.567. The Morgan fingerprint density at radius 2 is 2.16 bits per heavy atom. The third kappa shape index (κ3) is 2.63. The molecule has 1 heterocycles. The third-order valence-electron chi connectivity index (χ3n) is 3.10. The molecule has 0 saturated carbocycles. The molecule has 0 aliphatic carbocycles. The Balaban J connectivity index is 2.31. The zero-order chi connectivity index (χ0) is 14.0. The lowest BCUT2D eigenvalue weighted by Crippen LogP contribution is -2.04. The average Bonchev–Trinajstić information content (AvgIpc) is 2.64. The highest BCUT2D eigenvalue weighted by Gasteiger charge is 2.11. The number of carbonyl (C=O) groups is 1. The van der Waals surface area contributed by atoms with E-state index in [-0.39, 0.29) is 0 Å². The van der Waals surface area contributed by atoms with Crippen molar-refractivity contribution >= 4 is 17.9 Å². The van der Waals surface area contributed by atoms with Crippen molar-refractivity contribution in [3.63, 3.8) is 0 Å². The Kier molecular flexibility index (Phi) is 3.90. The molecule has 0 N–H and O–H groups in total. The van der Waals surface area contributed by atoms with Gasteiger partial charge in [-0.25, -0.2) is 0 Å². The van der Waals surface area contributed by atoms with Gasteiger partial charge in [-0.05, 0) is 31.5 Å². The summed E-state index contributed by atoms with van der Waals surface area (Å²) >= 11 is 6.09. The lowest BCUT2D eigenvalue weighted by molar-refractivity contribution is 0.112. The van der Waals surface area contributed by atoms with Crippen molar-refractivity contribution in [3.05, 3.63) is 45.7 Å². The smallest absolute Gasteiger partial charge is 0.153 e.